The van der Waals surface area contributed by atoms with Gasteiger partial charge in [-0.05, 0) is 19.1 Å². The van der Waals surface area contributed by atoms with Crippen LogP contribution in [0.2, 0.25) is 0 Å². The largest absolute Gasteiger partial charge is 0.475 e. The summed E-state index contributed by atoms with van der Waals surface area (Å²) in [5.74, 6) is -1.51. The van der Waals surface area contributed by atoms with Crippen LogP contribution >= 0.6 is 0 Å². The molecule has 7 heteroatoms. The molecule has 3 rings (SSSR count). The third kappa shape index (κ3) is 2.94. The SMILES string of the molecule is COC(=O)c1cc2c(cc1C(F)(F)F)O[C@@](C)(c1ccccc1)C(=O)C2. The number of esters is 1. The second kappa shape index (κ2) is 6.16. The van der Waals surface area contributed by atoms with Crippen LogP contribution in [0, 0.1) is 0 Å². The number of fused-ring (bicyclic) bond motifs is 1. The van der Waals surface area contributed by atoms with E-state index in [9.17, 15) is 22.8 Å². The van der Waals surface area contributed by atoms with Gasteiger partial charge in [0.15, 0.2) is 11.4 Å². The maximum absolute atomic E-state index is 13.4. The molecule has 1 aliphatic heterocycles. The highest BCUT2D eigenvalue weighted by Crippen LogP contribution is 2.42. The molecular weight excluding hydrogens is 349 g/mol. The first-order valence-corrected chi connectivity index (χ1v) is 7.77. The van der Waals surface area contributed by atoms with E-state index in [1.165, 1.54) is 6.92 Å². The number of Topliss-reactive ketones (excluding diaryl/α,β-unsaturated/α-hetero) is 1. The van der Waals surface area contributed by atoms with Crippen LogP contribution in [0.4, 0.5) is 13.2 Å². The van der Waals surface area contributed by atoms with E-state index in [-0.39, 0.29) is 23.5 Å². The predicted molar refractivity (Wildman–Crippen MR) is 85.9 cm³/mol. The van der Waals surface area contributed by atoms with Crippen LogP contribution in [-0.2, 0) is 27.7 Å². The van der Waals surface area contributed by atoms with Gasteiger partial charge in [0.05, 0.1) is 18.2 Å². The first kappa shape index (κ1) is 18.0. The third-order valence-electron chi connectivity index (χ3n) is 4.43. The fraction of sp³-hybridized carbons (Fsp3) is 0.263. The molecule has 0 bridgehead atoms. The van der Waals surface area contributed by atoms with Gasteiger partial charge >= 0.3 is 12.1 Å². The molecule has 1 heterocycles. The second-order valence-corrected chi connectivity index (χ2v) is 6.10. The smallest absolute Gasteiger partial charge is 0.417 e. The van der Waals surface area contributed by atoms with E-state index in [0.717, 1.165) is 19.2 Å². The van der Waals surface area contributed by atoms with Gasteiger partial charge < -0.3 is 9.47 Å². The molecule has 0 spiro atoms. The molecule has 1 aliphatic rings. The number of hydrogen-bond acceptors (Lipinski definition) is 4. The summed E-state index contributed by atoms with van der Waals surface area (Å²) in [5.41, 5.74) is -2.44. The van der Waals surface area contributed by atoms with Crippen molar-refractivity contribution in [2.24, 2.45) is 0 Å². The lowest BCUT2D eigenvalue weighted by Crippen LogP contribution is -2.43. The Morgan fingerprint density at radius 1 is 1.19 bits per heavy atom. The van der Waals surface area contributed by atoms with Crippen LogP contribution < -0.4 is 4.74 Å². The minimum atomic E-state index is -4.77. The van der Waals surface area contributed by atoms with Crippen molar-refractivity contribution >= 4 is 11.8 Å². The zero-order valence-corrected chi connectivity index (χ0v) is 14.0. The van der Waals surface area contributed by atoms with Gasteiger partial charge in [-0.2, -0.15) is 13.2 Å². The van der Waals surface area contributed by atoms with E-state index in [0.29, 0.717) is 5.56 Å². The highest BCUT2D eigenvalue weighted by molar-refractivity contribution is 5.95. The van der Waals surface area contributed by atoms with Crippen molar-refractivity contribution in [2.45, 2.75) is 25.1 Å². The Morgan fingerprint density at radius 2 is 1.85 bits per heavy atom. The molecular formula is C19H15F3O4. The lowest BCUT2D eigenvalue weighted by atomic mass is 9.84. The lowest BCUT2D eigenvalue weighted by Gasteiger charge is -2.35. The zero-order valence-electron chi connectivity index (χ0n) is 14.0. The standard InChI is InChI=1S/C19H15F3O4/c1-18(12-6-4-3-5-7-12)16(23)9-11-8-13(17(24)25-2)14(19(20,21)22)10-15(11)26-18/h3-8,10H,9H2,1-2H3/t18-/m0/s1. The number of carbonyl (C=O) groups is 2. The van der Waals surface area contributed by atoms with Gasteiger partial charge in [-0.3, -0.25) is 4.79 Å². The molecule has 0 aromatic heterocycles. The summed E-state index contributed by atoms with van der Waals surface area (Å²) in [6.07, 6.45) is -4.92. The number of methoxy groups -OCH3 is 1. The molecule has 136 valence electrons. The van der Waals surface area contributed by atoms with Gasteiger partial charge in [0, 0.05) is 17.5 Å². The van der Waals surface area contributed by atoms with Gasteiger partial charge in [-0.15, -0.1) is 0 Å². The number of alkyl halides is 3. The summed E-state index contributed by atoms with van der Waals surface area (Å²) in [6.45, 7) is 1.52. The fourth-order valence-corrected chi connectivity index (χ4v) is 2.97. The Labute approximate surface area is 147 Å². The molecule has 1 atom stereocenters. The molecule has 0 N–H and O–H groups in total. The van der Waals surface area contributed by atoms with Crippen molar-refractivity contribution < 1.29 is 32.2 Å². The first-order valence-electron chi connectivity index (χ1n) is 7.77. The van der Waals surface area contributed by atoms with Crippen molar-refractivity contribution in [2.75, 3.05) is 7.11 Å². The molecule has 2 aromatic carbocycles. The quantitative estimate of drug-likeness (QED) is 0.758. The van der Waals surface area contributed by atoms with E-state index in [1.807, 2.05) is 0 Å². The number of halogens is 3. The number of ketones is 1. The van der Waals surface area contributed by atoms with Crippen LogP contribution in [0.3, 0.4) is 0 Å². The number of ether oxygens (including phenoxy) is 2. The molecule has 0 radical (unpaired) electrons. The molecule has 0 unspecified atom stereocenters. The Hall–Kier alpha value is -2.83. The summed E-state index contributed by atoms with van der Waals surface area (Å²) in [6, 6.07) is 10.3. The van der Waals surface area contributed by atoms with Crippen molar-refractivity contribution in [3.05, 3.63) is 64.7 Å². The Bertz CT molecular complexity index is 874. The molecule has 0 saturated heterocycles. The number of benzene rings is 2. The first-order chi connectivity index (χ1) is 12.2. The molecule has 0 aliphatic carbocycles. The minimum absolute atomic E-state index is 0.0732. The second-order valence-electron chi connectivity index (χ2n) is 6.10. The Morgan fingerprint density at radius 3 is 2.42 bits per heavy atom. The van der Waals surface area contributed by atoms with Gasteiger partial charge in [-0.25, -0.2) is 4.79 Å². The normalized spacial score (nSPS) is 19.5. The summed E-state index contributed by atoms with van der Waals surface area (Å²) >= 11 is 0. The van der Waals surface area contributed by atoms with Gasteiger partial charge in [0.1, 0.15) is 5.75 Å². The van der Waals surface area contributed by atoms with Crippen LogP contribution in [0.5, 0.6) is 5.75 Å². The summed E-state index contributed by atoms with van der Waals surface area (Å²) in [7, 11) is 0.996. The topological polar surface area (TPSA) is 52.6 Å². The van der Waals surface area contributed by atoms with Crippen molar-refractivity contribution in [3.8, 4) is 5.75 Å². The van der Waals surface area contributed by atoms with E-state index < -0.39 is 28.9 Å². The number of hydrogen-bond donors (Lipinski definition) is 0. The summed E-state index contributed by atoms with van der Waals surface area (Å²) < 4.78 is 50.3. The summed E-state index contributed by atoms with van der Waals surface area (Å²) in [5, 5.41) is 0. The van der Waals surface area contributed by atoms with E-state index in [1.54, 1.807) is 30.3 Å². The Kier molecular flexibility index (Phi) is 4.26. The van der Waals surface area contributed by atoms with Crippen LogP contribution in [-0.4, -0.2) is 18.9 Å². The maximum atomic E-state index is 13.4. The number of carbonyl (C=O) groups excluding carboxylic acids is 2. The maximum Gasteiger partial charge on any atom is 0.417 e. The van der Waals surface area contributed by atoms with Crippen LogP contribution in [0.1, 0.15) is 34.0 Å². The highest BCUT2D eigenvalue weighted by Gasteiger charge is 2.44. The Balaban J connectivity index is 2.14. The van der Waals surface area contributed by atoms with E-state index in [4.69, 9.17) is 4.74 Å². The molecule has 0 fully saturated rings. The van der Waals surface area contributed by atoms with Gasteiger partial charge in [-0.1, -0.05) is 30.3 Å². The highest BCUT2D eigenvalue weighted by atomic mass is 19.4. The van der Waals surface area contributed by atoms with Crippen LogP contribution in [0.15, 0.2) is 42.5 Å². The van der Waals surface area contributed by atoms with E-state index in [2.05, 4.69) is 4.74 Å². The molecule has 2 aromatic rings. The average molecular weight is 364 g/mol. The zero-order chi connectivity index (χ0) is 19.1. The van der Waals surface area contributed by atoms with Crippen molar-refractivity contribution in [1.82, 2.24) is 0 Å². The third-order valence-corrected chi connectivity index (χ3v) is 4.43. The van der Waals surface area contributed by atoms with Crippen molar-refractivity contribution in [3.63, 3.8) is 0 Å². The molecule has 0 saturated carbocycles. The minimum Gasteiger partial charge on any atom is -0.475 e. The number of rotatable bonds is 2. The van der Waals surface area contributed by atoms with Gasteiger partial charge in [0.25, 0.3) is 0 Å². The van der Waals surface area contributed by atoms with E-state index >= 15 is 0 Å². The summed E-state index contributed by atoms with van der Waals surface area (Å²) in [4.78, 5) is 24.4. The molecule has 0 amide bonds. The predicted octanol–water partition coefficient (Wildman–Crippen LogP) is 3.91. The lowest BCUT2D eigenvalue weighted by molar-refractivity contribution is -0.138. The average Bonchev–Trinajstić information content (AvgIpc) is 2.61. The monoisotopic (exact) mass is 364 g/mol. The molecule has 4 nitrogen and oxygen atoms in total. The molecule has 26 heavy (non-hydrogen) atoms. The fourth-order valence-electron chi connectivity index (χ4n) is 2.97. The van der Waals surface area contributed by atoms with Gasteiger partial charge in [0.2, 0.25) is 0 Å². The van der Waals surface area contributed by atoms with Crippen molar-refractivity contribution in [1.29, 1.82) is 0 Å². The van der Waals surface area contributed by atoms with Crippen LogP contribution in [0.25, 0.3) is 0 Å².